The number of H-pyrrole nitrogens is 1. The van der Waals surface area contributed by atoms with Crippen molar-refractivity contribution in [3.63, 3.8) is 0 Å². The number of nitrogens with zero attached hydrogens (tertiary/aromatic N) is 1. The van der Waals surface area contributed by atoms with E-state index in [4.69, 9.17) is 0 Å². The zero-order valence-corrected chi connectivity index (χ0v) is 14.8. The fourth-order valence-electron chi connectivity index (χ4n) is 3.07. The molecule has 0 radical (unpaired) electrons. The fourth-order valence-corrected chi connectivity index (χ4v) is 3.07. The summed E-state index contributed by atoms with van der Waals surface area (Å²) in [4.78, 5) is 12.5. The zero-order valence-electron chi connectivity index (χ0n) is 14.8. The van der Waals surface area contributed by atoms with Gasteiger partial charge in [0.2, 0.25) is 0 Å². The van der Waals surface area contributed by atoms with Gasteiger partial charge in [-0.2, -0.15) is 18.3 Å². The van der Waals surface area contributed by atoms with Crippen LogP contribution < -0.4 is 5.32 Å². The van der Waals surface area contributed by atoms with Gasteiger partial charge >= 0.3 is 6.18 Å². The van der Waals surface area contributed by atoms with Crippen LogP contribution in [0.1, 0.15) is 40.4 Å². The average molecular weight is 407 g/mol. The molecule has 4 rings (SSSR count). The number of nitrogens with one attached hydrogen (secondary N) is 2. The highest BCUT2D eigenvalue weighted by atomic mass is 19.4. The standard InChI is InChI=1S/C20H14F5N3O/c21-13-2-1-3-14(22)15(13)19(29)26-18-16(10-4-5-10)27-28-17(18)11-6-8-12(9-7-11)20(23,24)25/h1-3,6-10H,4-5H2,(H,26,29)(H,27,28). The Hall–Kier alpha value is -3.23. The lowest BCUT2D eigenvalue weighted by Crippen LogP contribution is -2.17. The van der Waals surface area contributed by atoms with Gasteiger partial charge in [0.1, 0.15) is 22.9 Å². The third-order valence-electron chi connectivity index (χ3n) is 4.69. The van der Waals surface area contributed by atoms with E-state index in [1.54, 1.807) is 0 Å². The van der Waals surface area contributed by atoms with Crippen LogP contribution in [0.15, 0.2) is 42.5 Å². The number of rotatable bonds is 4. The maximum absolute atomic E-state index is 13.9. The van der Waals surface area contributed by atoms with Crippen LogP contribution >= 0.6 is 0 Å². The van der Waals surface area contributed by atoms with E-state index in [-0.39, 0.29) is 17.3 Å². The highest BCUT2D eigenvalue weighted by Gasteiger charge is 2.33. The van der Waals surface area contributed by atoms with Gasteiger partial charge in [-0.15, -0.1) is 0 Å². The lowest BCUT2D eigenvalue weighted by Gasteiger charge is -2.11. The molecule has 1 aromatic heterocycles. The first-order valence-electron chi connectivity index (χ1n) is 8.77. The SMILES string of the molecule is O=C(Nc1c(-c2ccc(C(F)(F)F)cc2)n[nH]c1C1CC1)c1c(F)cccc1F. The van der Waals surface area contributed by atoms with Gasteiger partial charge in [0, 0.05) is 11.5 Å². The number of alkyl halides is 3. The predicted octanol–water partition coefficient (Wildman–Crippen LogP) is 5.50. The summed E-state index contributed by atoms with van der Waals surface area (Å²) in [5.41, 5.74) is -0.256. The molecule has 0 saturated heterocycles. The monoisotopic (exact) mass is 407 g/mol. The maximum atomic E-state index is 13.9. The van der Waals surface area contributed by atoms with E-state index in [9.17, 15) is 26.7 Å². The van der Waals surface area contributed by atoms with E-state index in [1.807, 2.05) is 0 Å². The number of halogens is 5. The van der Waals surface area contributed by atoms with E-state index in [0.29, 0.717) is 11.3 Å². The molecule has 9 heteroatoms. The van der Waals surface area contributed by atoms with Crippen LogP contribution in [0.3, 0.4) is 0 Å². The highest BCUT2D eigenvalue weighted by molar-refractivity contribution is 6.06. The van der Waals surface area contributed by atoms with Crippen molar-refractivity contribution in [1.82, 2.24) is 10.2 Å². The number of carbonyl (C=O) groups is 1. The summed E-state index contributed by atoms with van der Waals surface area (Å²) in [7, 11) is 0. The molecule has 0 aliphatic heterocycles. The molecular weight excluding hydrogens is 393 g/mol. The van der Waals surface area contributed by atoms with Gasteiger partial charge in [0.05, 0.1) is 16.9 Å². The number of benzene rings is 2. The van der Waals surface area contributed by atoms with Crippen LogP contribution in [0.5, 0.6) is 0 Å². The lowest BCUT2D eigenvalue weighted by molar-refractivity contribution is -0.137. The normalized spacial score (nSPS) is 14.1. The van der Waals surface area contributed by atoms with Crippen LogP contribution in [0.4, 0.5) is 27.6 Å². The highest BCUT2D eigenvalue weighted by Crippen LogP contribution is 2.45. The summed E-state index contributed by atoms with van der Waals surface area (Å²) in [6.07, 6.45) is -2.81. The summed E-state index contributed by atoms with van der Waals surface area (Å²) >= 11 is 0. The van der Waals surface area contributed by atoms with Crippen LogP contribution in [-0.2, 0) is 6.18 Å². The number of aromatic nitrogens is 2. The number of amides is 1. The molecule has 1 amide bonds. The second-order valence-corrected chi connectivity index (χ2v) is 6.76. The first-order valence-corrected chi connectivity index (χ1v) is 8.77. The van der Waals surface area contributed by atoms with E-state index < -0.39 is 34.8 Å². The number of hydrogen-bond acceptors (Lipinski definition) is 2. The fraction of sp³-hybridized carbons (Fsp3) is 0.200. The Labute approximate surface area is 161 Å². The summed E-state index contributed by atoms with van der Waals surface area (Å²) in [6, 6.07) is 7.34. The van der Waals surface area contributed by atoms with Gasteiger partial charge in [-0.3, -0.25) is 9.89 Å². The summed E-state index contributed by atoms with van der Waals surface area (Å²) in [5, 5.41) is 9.40. The summed E-state index contributed by atoms with van der Waals surface area (Å²) < 4.78 is 66.3. The Kier molecular flexibility index (Phi) is 4.60. The van der Waals surface area contributed by atoms with E-state index in [1.165, 1.54) is 12.1 Å². The van der Waals surface area contributed by atoms with Crippen LogP contribution in [-0.4, -0.2) is 16.1 Å². The third kappa shape index (κ3) is 3.72. The average Bonchev–Trinajstić information content (AvgIpc) is 3.42. The Morgan fingerprint density at radius 2 is 1.66 bits per heavy atom. The maximum Gasteiger partial charge on any atom is 0.416 e. The van der Waals surface area contributed by atoms with E-state index >= 15 is 0 Å². The van der Waals surface area contributed by atoms with Gasteiger partial charge in [-0.25, -0.2) is 8.78 Å². The third-order valence-corrected chi connectivity index (χ3v) is 4.69. The second-order valence-electron chi connectivity index (χ2n) is 6.76. The topological polar surface area (TPSA) is 57.8 Å². The largest absolute Gasteiger partial charge is 0.416 e. The van der Waals surface area contributed by atoms with Gasteiger partial charge in [0.25, 0.3) is 5.91 Å². The zero-order chi connectivity index (χ0) is 20.8. The Morgan fingerprint density at radius 1 is 1.03 bits per heavy atom. The Bertz CT molecular complexity index is 1050. The van der Waals surface area contributed by atoms with Gasteiger partial charge in [0.15, 0.2) is 0 Å². The minimum Gasteiger partial charge on any atom is -0.318 e. The Morgan fingerprint density at radius 3 is 2.21 bits per heavy atom. The lowest BCUT2D eigenvalue weighted by atomic mass is 10.1. The van der Waals surface area contributed by atoms with Crippen molar-refractivity contribution in [1.29, 1.82) is 0 Å². The van der Waals surface area contributed by atoms with Crippen molar-refractivity contribution in [3.8, 4) is 11.3 Å². The molecule has 0 spiro atoms. The molecule has 150 valence electrons. The van der Waals surface area contributed by atoms with Crippen molar-refractivity contribution in [2.75, 3.05) is 5.32 Å². The molecule has 1 saturated carbocycles. The molecule has 1 fully saturated rings. The molecule has 2 N–H and O–H groups in total. The number of aromatic amines is 1. The molecule has 4 nitrogen and oxygen atoms in total. The summed E-state index contributed by atoms with van der Waals surface area (Å²) in [5.74, 6) is -2.95. The number of hydrogen-bond donors (Lipinski definition) is 2. The molecular formula is C20H14F5N3O. The summed E-state index contributed by atoms with van der Waals surface area (Å²) in [6.45, 7) is 0. The second kappa shape index (κ2) is 6.98. The smallest absolute Gasteiger partial charge is 0.318 e. The molecule has 2 aromatic carbocycles. The van der Waals surface area contributed by atoms with Gasteiger partial charge in [-0.1, -0.05) is 18.2 Å². The van der Waals surface area contributed by atoms with Crippen molar-refractivity contribution in [3.05, 3.63) is 70.9 Å². The molecule has 1 aliphatic rings. The molecule has 1 heterocycles. The van der Waals surface area contributed by atoms with Crippen molar-refractivity contribution >= 4 is 11.6 Å². The van der Waals surface area contributed by atoms with Gasteiger partial charge < -0.3 is 5.32 Å². The molecule has 1 aliphatic carbocycles. The van der Waals surface area contributed by atoms with Crippen LogP contribution in [0, 0.1) is 11.6 Å². The quantitative estimate of drug-likeness (QED) is 0.561. The first-order chi connectivity index (χ1) is 13.8. The van der Waals surface area contributed by atoms with Crippen molar-refractivity contribution in [2.24, 2.45) is 0 Å². The van der Waals surface area contributed by atoms with Gasteiger partial charge in [-0.05, 0) is 37.1 Å². The number of carbonyl (C=O) groups excluding carboxylic acids is 1. The minimum absolute atomic E-state index is 0.0893. The molecule has 0 atom stereocenters. The molecule has 0 unspecified atom stereocenters. The molecule has 29 heavy (non-hydrogen) atoms. The molecule has 3 aromatic rings. The Balaban J connectivity index is 1.72. The van der Waals surface area contributed by atoms with Crippen molar-refractivity contribution in [2.45, 2.75) is 24.9 Å². The van der Waals surface area contributed by atoms with Crippen LogP contribution in [0.2, 0.25) is 0 Å². The predicted molar refractivity (Wildman–Crippen MR) is 95.3 cm³/mol. The molecule has 0 bridgehead atoms. The van der Waals surface area contributed by atoms with E-state index in [2.05, 4.69) is 15.5 Å². The van der Waals surface area contributed by atoms with E-state index in [0.717, 1.165) is 43.2 Å². The van der Waals surface area contributed by atoms with Crippen LogP contribution in [0.25, 0.3) is 11.3 Å². The minimum atomic E-state index is -4.48. The van der Waals surface area contributed by atoms with Crippen molar-refractivity contribution < 1.29 is 26.7 Å². The number of anilines is 1. The first kappa shape index (κ1) is 19.1.